The van der Waals surface area contributed by atoms with Gasteiger partial charge in [-0.1, -0.05) is 42.9 Å². The van der Waals surface area contributed by atoms with E-state index in [1.807, 2.05) is 18.2 Å². The molecule has 0 saturated heterocycles. The summed E-state index contributed by atoms with van der Waals surface area (Å²) in [5.74, 6) is 0.0675. The van der Waals surface area contributed by atoms with Gasteiger partial charge in [-0.2, -0.15) is 0 Å². The maximum Gasteiger partial charge on any atom is 0.229 e. The fourth-order valence-corrected chi connectivity index (χ4v) is 5.80. The maximum absolute atomic E-state index is 13.3. The van der Waals surface area contributed by atoms with Gasteiger partial charge in [-0.3, -0.25) is 9.69 Å². The van der Waals surface area contributed by atoms with E-state index < -0.39 is 9.84 Å². The minimum Gasteiger partial charge on any atom is -0.494 e. The normalized spacial score (nSPS) is 11.8. The molecule has 1 amide bonds. The van der Waals surface area contributed by atoms with Crippen LogP contribution in [0.2, 0.25) is 5.02 Å². The molecule has 7 nitrogen and oxygen atoms in total. The molecule has 0 spiro atoms. The second-order valence-corrected chi connectivity index (χ2v) is 11.0. The first kappa shape index (κ1) is 25.4. The number of benzene rings is 2. The van der Waals surface area contributed by atoms with Gasteiger partial charge < -0.3 is 9.64 Å². The zero-order valence-electron chi connectivity index (χ0n) is 19.0. The predicted octanol–water partition coefficient (Wildman–Crippen LogP) is 4.50. The first-order valence-electron chi connectivity index (χ1n) is 10.7. The Morgan fingerprint density at radius 3 is 2.42 bits per heavy atom. The predicted molar refractivity (Wildman–Crippen MR) is 134 cm³/mol. The van der Waals surface area contributed by atoms with Crippen LogP contribution < -0.4 is 9.64 Å². The first-order valence-corrected chi connectivity index (χ1v) is 13.6. The number of fused-ring (bicyclic) bond motifs is 1. The fourth-order valence-electron chi connectivity index (χ4n) is 3.42. The standard InChI is InChI=1S/C23H28ClN3O4S2/c1-4-26(5-2)14-15-27(23-25-22-19(31-3)7-6-8-20(22)32-23)21(28)13-16-33(29,30)18-11-9-17(24)10-12-18/h6-12H,4-5,13-16H2,1-3H3. The number of methoxy groups -OCH3 is 1. The number of para-hydroxylation sites is 1. The molecule has 0 fully saturated rings. The minimum absolute atomic E-state index is 0.143. The number of anilines is 1. The van der Waals surface area contributed by atoms with Crippen LogP contribution in [0.4, 0.5) is 5.13 Å². The van der Waals surface area contributed by atoms with Crippen LogP contribution in [0.25, 0.3) is 10.2 Å². The lowest BCUT2D eigenvalue weighted by Crippen LogP contribution is -2.39. The summed E-state index contributed by atoms with van der Waals surface area (Å²) in [6.07, 6.45) is -0.143. The molecule has 0 atom stereocenters. The number of carbonyl (C=O) groups is 1. The van der Waals surface area contributed by atoms with Crippen molar-refractivity contribution in [2.24, 2.45) is 0 Å². The first-order chi connectivity index (χ1) is 15.8. The van der Waals surface area contributed by atoms with Crippen molar-refractivity contribution in [2.45, 2.75) is 25.2 Å². The summed E-state index contributed by atoms with van der Waals surface area (Å²) in [5.41, 5.74) is 0.689. The minimum atomic E-state index is -3.62. The third-order valence-corrected chi connectivity index (χ3v) is 8.44. The molecule has 2 aromatic carbocycles. The Morgan fingerprint density at radius 1 is 1.09 bits per heavy atom. The Balaban J connectivity index is 1.84. The summed E-state index contributed by atoms with van der Waals surface area (Å²) in [7, 11) is -2.04. The van der Waals surface area contributed by atoms with E-state index >= 15 is 0 Å². The number of nitrogens with zero attached hydrogens (tertiary/aromatic N) is 3. The average molecular weight is 510 g/mol. The number of ether oxygens (including phenoxy) is 1. The van der Waals surface area contributed by atoms with Crippen molar-refractivity contribution in [1.82, 2.24) is 9.88 Å². The summed E-state index contributed by atoms with van der Waals surface area (Å²) < 4.78 is 31.8. The molecular formula is C23H28ClN3O4S2. The Labute approximate surface area is 203 Å². The molecule has 0 aliphatic carbocycles. The molecule has 0 radical (unpaired) electrons. The smallest absolute Gasteiger partial charge is 0.229 e. The van der Waals surface area contributed by atoms with E-state index in [1.54, 1.807) is 12.0 Å². The van der Waals surface area contributed by atoms with Crippen molar-refractivity contribution in [2.75, 3.05) is 43.9 Å². The highest BCUT2D eigenvalue weighted by atomic mass is 35.5. The molecule has 3 aromatic rings. The van der Waals surface area contributed by atoms with Gasteiger partial charge in [-0.05, 0) is 49.5 Å². The lowest BCUT2D eigenvalue weighted by atomic mass is 10.3. The van der Waals surface area contributed by atoms with E-state index in [-0.39, 0.29) is 23.0 Å². The Kier molecular flexibility index (Phi) is 8.69. The van der Waals surface area contributed by atoms with Gasteiger partial charge in [0.05, 0.1) is 22.5 Å². The van der Waals surface area contributed by atoms with Crippen LogP contribution in [0.15, 0.2) is 47.4 Å². The van der Waals surface area contributed by atoms with Gasteiger partial charge in [0.25, 0.3) is 0 Å². The molecule has 1 aromatic heterocycles. The zero-order chi connectivity index (χ0) is 24.0. The van der Waals surface area contributed by atoms with Crippen LogP contribution in [-0.2, 0) is 14.6 Å². The van der Waals surface area contributed by atoms with E-state index in [4.69, 9.17) is 16.3 Å². The monoisotopic (exact) mass is 509 g/mol. The van der Waals surface area contributed by atoms with E-state index in [0.717, 1.165) is 17.8 Å². The Bertz CT molecular complexity index is 1190. The SMILES string of the molecule is CCN(CC)CCN(C(=O)CCS(=O)(=O)c1ccc(Cl)cc1)c1nc2c(OC)cccc2s1. The molecule has 0 bridgehead atoms. The quantitative estimate of drug-likeness (QED) is 0.378. The molecule has 178 valence electrons. The highest BCUT2D eigenvalue weighted by Crippen LogP contribution is 2.34. The van der Waals surface area contributed by atoms with Crippen molar-refractivity contribution in [1.29, 1.82) is 0 Å². The number of halogens is 1. The molecule has 10 heteroatoms. The van der Waals surface area contributed by atoms with Gasteiger partial charge >= 0.3 is 0 Å². The van der Waals surface area contributed by atoms with E-state index in [9.17, 15) is 13.2 Å². The van der Waals surface area contributed by atoms with Crippen molar-refractivity contribution < 1.29 is 17.9 Å². The second-order valence-electron chi connectivity index (χ2n) is 7.40. The molecule has 0 N–H and O–H groups in total. The van der Waals surface area contributed by atoms with Crippen LogP contribution in [0, 0.1) is 0 Å². The lowest BCUT2D eigenvalue weighted by molar-refractivity contribution is -0.118. The lowest BCUT2D eigenvalue weighted by Gasteiger charge is -2.24. The molecular weight excluding hydrogens is 482 g/mol. The summed E-state index contributed by atoms with van der Waals surface area (Å²) >= 11 is 7.26. The second kappa shape index (κ2) is 11.3. The summed E-state index contributed by atoms with van der Waals surface area (Å²) in [6.45, 7) is 6.93. The van der Waals surface area contributed by atoms with E-state index in [0.29, 0.717) is 34.5 Å². The molecule has 33 heavy (non-hydrogen) atoms. The third-order valence-electron chi connectivity index (χ3n) is 5.41. The van der Waals surface area contributed by atoms with Gasteiger partial charge in [0, 0.05) is 24.5 Å². The van der Waals surface area contributed by atoms with Crippen LogP contribution in [0.1, 0.15) is 20.3 Å². The van der Waals surface area contributed by atoms with Gasteiger partial charge in [0.2, 0.25) is 5.91 Å². The number of likely N-dealkylation sites (N-methyl/N-ethyl adjacent to an activating group) is 1. The fraction of sp³-hybridized carbons (Fsp3) is 0.391. The molecule has 0 saturated carbocycles. The topological polar surface area (TPSA) is 79.8 Å². The van der Waals surface area contributed by atoms with E-state index in [2.05, 4.69) is 23.7 Å². The molecule has 0 aliphatic heterocycles. The molecule has 0 unspecified atom stereocenters. The van der Waals surface area contributed by atoms with Crippen LogP contribution in [0.3, 0.4) is 0 Å². The van der Waals surface area contributed by atoms with Crippen LogP contribution >= 0.6 is 22.9 Å². The Hall–Kier alpha value is -2.20. The van der Waals surface area contributed by atoms with Crippen LogP contribution in [-0.4, -0.2) is 63.3 Å². The molecule has 0 aliphatic rings. The van der Waals surface area contributed by atoms with E-state index in [1.165, 1.54) is 35.6 Å². The molecule has 1 heterocycles. The Morgan fingerprint density at radius 2 is 1.79 bits per heavy atom. The maximum atomic E-state index is 13.3. The number of aromatic nitrogens is 1. The van der Waals surface area contributed by atoms with Crippen molar-refractivity contribution in [3.05, 3.63) is 47.5 Å². The number of hydrogen-bond donors (Lipinski definition) is 0. The average Bonchev–Trinajstić information content (AvgIpc) is 3.24. The van der Waals surface area contributed by atoms with Gasteiger partial charge in [-0.15, -0.1) is 0 Å². The van der Waals surface area contributed by atoms with Gasteiger partial charge in [0.1, 0.15) is 11.3 Å². The number of rotatable bonds is 11. The highest BCUT2D eigenvalue weighted by molar-refractivity contribution is 7.91. The van der Waals surface area contributed by atoms with Gasteiger partial charge in [-0.25, -0.2) is 13.4 Å². The molecule has 3 rings (SSSR count). The van der Waals surface area contributed by atoms with Crippen LogP contribution in [0.5, 0.6) is 5.75 Å². The van der Waals surface area contributed by atoms with Crippen molar-refractivity contribution in [3.63, 3.8) is 0 Å². The number of amides is 1. The third kappa shape index (κ3) is 6.23. The van der Waals surface area contributed by atoms with Crippen molar-refractivity contribution in [3.8, 4) is 5.75 Å². The number of carbonyl (C=O) groups excluding carboxylic acids is 1. The highest BCUT2D eigenvalue weighted by Gasteiger charge is 2.24. The largest absolute Gasteiger partial charge is 0.494 e. The summed E-state index contributed by atoms with van der Waals surface area (Å²) in [6, 6.07) is 11.6. The number of sulfone groups is 1. The number of hydrogen-bond acceptors (Lipinski definition) is 7. The van der Waals surface area contributed by atoms with Gasteiger partial charge in [0.15, 0.2) is 15.0 Å². The van der Waals surface area contributed by atoms with Crippen molar-refractivity contribution >= 4 is 54.0 Å². The summed E-state index contributed by atoms with van der Waals surface area (Å²) in [4.78, 5) is 21.9. The zero-order valence-corrected chi connectivity index (χ0v) is 21.3. The number of thiazole rings is 1. The summed E-state index contributed by atoms with van der Waals surface area (Å²) in [5, 5.41) is 0.995.